The van der Waals surface area contributed by atoms with Crippen LogP contribution in [0.5, 0.6) is 0 Å². The molecule has 2 heterocycles. The molecule has 2 aliphatic rings. The average Bonchev–Trinajstić information content (AvgIpc) is 2.72. The van der Waals surface area contributed by atoms with Gasteiger partial charge < -0.3 is 15.1 Å². The summed E-state index contributed by atoms with van der Waals surface area (Å²) in [4.78, 5) is 8.40. The van der Waals surface area contributed by atoms with Gasteiger partial charge in [-0.2, -0.15) is 11.8 Å². The lowest BCUT2D eigenvalue weighted by atomic mass is 10.2. The second kappa shape index (κ2) is 9.80. The summed E-state index contributed by atoms with van der Waals surface area (Å²) in [6, 6.07) is 6.80. The summed E-state index contributed by atoms with van der Waals surface area (Å²) in [5, 5.41) is 3.17. The number of aliphatic imine (C=N–C) groups is 1. The van der Waals surface area contributed by atoms with Crippen LogP contribution in [0.15, 0.2) is 29.3 Å². The van der Waals surface area contributed by atoms with Crippen LogP contribution in [0.4, 0.5) is 10.1 Å². The molecule has 1 aromatic carbocycles. The van der Waals surface area contributed by atoms with Gasteiger partial charge in [-0.25, -0.2) is 17.1 Å². The molecule has 2 saturated heterocycles. The number of nitrogens with one attached hydrogen (secondary N) is 1. The van der Waals surface area contributed by atoms with Crippen molar-refractivity contribution in [2.24, 2.45) is 4.99 Å². The molecular formula is C18H28FN5O2S2. The Balaban J connectivity index is 1.48. The fraction of sp³-hybridized carbons (Fsp3) is 0.611. The quantitative estimate of drug-likeness (QED) is 0.554. The van der Waals surface area contributed by atoms with Crippen molar-refractivity contribution in [3.05, 3.63) is 30.1 Å². The number of anilines is 1. The van der Waals surface area contributed by atoms with Crippen molar-refractivity contribution in [3.63, 3.8) is 0 Å². The van der Waals surface area contributed by atoms with Crippen LogP contribution in [-0.4, -0.2) is 93.7 Å². The predicted octanol–water partition coefficient (Wildman–Crippen LogP) is 0.902. The molecule has 1 aromatic rings. The Morgan fingerprint density at radius 2 is 1.82 bits per heavy atom. The number of rotatable bonds is 5. The zero-order valence-corrected chi connectivity index (χ0v) is 17.8. The minimum absolute atomic E-state index is 0.0614. The van der Waals surface area contributed by atoms with Crippen molar-refractivity contribution >= 4 is 33.4 Å². The lowest BCUT2D eigenvalue weighted by Gasteiger charge is -2.37. The predicted molar refractivity (Wildman–Crippen MR) is 114 cm³/mol. The maximum absolute atomic E-state index is 14.0. The second-order valence-electron chi connectivity index (χ2n) is 6.73. The molecule has 0 aromatic heterocycles. The fourth-order valence-corrected chi connectivity index (χ4v) is 5.94. The van der Waals surface area contributed by atoms with Crippen LogP contribution in [0.25, 0.3) is 0 Å². The van der Waals surface area contributed by atoms with Crippen LogP contribution in [0.1, 0.15) is 0 Å². The Morgan fingerprint density at radius 3 is 2.46 bits per heavy atom. The number of thioether (sulfide) groups is 1. The number of sulfonamides is 1. The molecule has 0 radical (unpaired) electrons. The number of hydrogen-bond donors (Lipinski definition) is 1. The summed E-state index contributed by atoms with van der Waals surface area (Å²) in [5.74, 6) is 2.27. The molecule has 156 valence electrons. The highest BCUT2D eigenvalue weighted by Crippen LogP contribution is 2.20. The lowest BCUT2D eigenvalue weighted by molar-refractivity contribution is 0.371. The molecule has 0 saturated carbocycles. The fourth-order valence-electron chi connectivity index (χ4n) is 3.45. The van der Waals surface area contributed by atoms with Gasteiger partial charge in [-0.15, -0.1) is 0 Å². The third-order valence-corrected chi connectivity index (χ3v) is 7.81. The van der Waals surface area contributed by atoms with Crippen LogP contribution in [0, 0.1) is 5.82 Å². The highest BCUT2D eigenvalue weighted by molar-refractivity contribution is 7.99. The maximum atomic E-state index is 14.0. The summed E-state index contributed by atoms with van der Waals surface area (Å²) in [6.45, 7) is 4.29. The molecule has 0 unspecified atom stereocenters. The molecule has 28 heavy (non-hydrogen) atoms. The molecule has 0 spiro atoms. The monoisotopic (exact) mass is 429 g/mol. The smallest absolute Gasteiger partial charge is 0.215 e. The van der Waals surface area contributed by atoms with Gasteiger partial charge in [0.2, 0.25) is 10.0 Å². The van der Waals surface area contributed by atoms with E-state index in [0.717, 1.165) is 11.5 Å². The zero-order chi connectivity index (χ0) is 20.0. The molecule has 3 rings (SSSR count). The van der Waals surface area contributed by atoms with E-state index in [1.807, 2.05) is 11.0 Å². The zero-order valence-electron chi connectivity index (χ0n) is 16.2. The number of hydrogen-bond acceptors (Lipinski definition) is 5. The van der Waals surface area contributed by atoms with E-state index in [9.17, 15) is 12.8 Å². The van der Waals surface area contributed by atoms with Gasteiger partial charge in [0.1, 0.15) is 5.82 Å². The third-order valence-electron chi connectivity index (χ3n) is 4.99. The van der Waals surface area contributed by atoms with Gasteiger partial charge in [0.25, 0.3) is 0 Å². The van der Waals surface area contributed by atoms with E-state index in [2.05, 4.69) is 15.2 Å². The van der Waals surface area contributed by atoms with E-state index in [0.29, 0.717) is 57.5 Å². The Labute approximate surface area is 171 Å². The first-order valence-corrected chi connectivity index (χ1v) is 12.3. The molecule has 1 N–H and O–H groups in total. The van der Waals surface area contributed by atoms with Gasteiger partial charge >= 0.3 is 0 Å². The Bertz CT molecular complexity index is 776. The van der Waals surface area contributed by atoms with Crippen LogP contribution in [-0.2, 0) is 10.0 Å². The van der Waals surface area contributed by atoms with Gasteiger partial charge in [0, 0.05) is 64.4 Å². The number of nitrogens with zero attached hydrogens (tertiary/aromatic N) is 4. The Hall–Kier alpha value is -1.52. The third kappa shape index (κ3) is 5.30. The van der Waals surface area contributed by atoms with E-state index in [4.69, 9.17) is 0 Å². The van der Waals surface area contributed by atoms with Crippen LogP contribution >= 0.6 is 11.8 Å². The normalized spacial score (nSPS) is 19.7. The van der Waals surface area contributed by atoms with Crippen molar-refractivity contribution < 1.29 is 12.8 Å². The number of para-hydroxylation sites is 1. The van der Waals surface area contributed by atoms with E-state index in [1.165, 1.54) is 6.07 Å². The topological polar surface area (TPSA) is 68.2 Å². The van der Waals surface area contributed by atoms with Gasteiger partial charge in [-0.3, -0.25) is 4.99 Å². The highest BCUT2D eigenvalue weighted by atomic mass is 32.2. The average molecular weight is 430 g/mol. The number of guanidine groups is 1. The maximum Gasteiger partial charge on any atom is 0.215 e. The first-order valence-electron chi connectivity index (χ1n) is 9.52. The largest absolute Gasteiger partial charge is 0.366 e. The Morgan fingerprint density at radius 1 is 1.14 bits per heavy atom. The highest BCUT2D eigenvalue weighted by Gasteiger charge is 2.25. The van der Waals surface area contributed by atoms with Crippen molar-refractivity contribution in [2.75, 3.05) is 75.0 Å². The van der Waals surface area contributed by atoms with Crippen molar-refractivity contribution in [1.82, 2.24) is 14.5 Å². The first-order chi connectivity index (χ1) is 13.5. The molecule has 0 amide bonds. The molecule has 0 bridgehead atoms. The molecule has 7 nitrogen and oxygen atoms in total. The number of halogens is 1. The minimum Gasteiger partial charge on any atom is -0.366 e. The van der Waals surface area contributed by atoms with Gasteiger partial charge in [0.05, 0.1) is 11.4 Å². The van der Waals surface area contributed by atoms with E-state index in [1.54, 1.807) is 35.2 Å². The van der Waals surface area contributed by atoms with E-state index in [-0.39, 0.29) is 11.6 Å². The number of benzene rings is 1. The minimum atomic E-state index is -3.23. The molecule has 2 fully saturated rings. The van der Waals surface area contributed by atoms with Crippen LogP contribution in [0.2, 0.25) is 0 Å². The molecular weight excluding hydrogens is 401 g/mol. The summed E-state index contributed by atoms with van der Waals surface area (Å²) >= 11 is 1.79. The van der Waals surface area contributed by atoms with Crippen molar-refractivity contribution in [3.8, 4) is 0 Å². The van der Waals surface area contributed by atoms with Crippen molar-refractivity contribution in [2.45, 2.75) is 0 Å². The van der Waals surface area contributed by atoms with Crippen LogP contribution in [0.3, 0.4) is 0 Å². The first kappa shape index (κ1) is 21.2. The van der Waals surface area contributed by atoms with Gasteiger partial charge in [-0.05, 0) is 12.1 Å². The van der Waals surface area contributed by atoms with Gasteiger partial charge in [0.15, 0.2) is 5.96 Å². The summed E-state index contributed by atoms with van der Waals surface area (Å²) in [7, 11) is -1.54. The summed E-state index contributed by atoms with van der Waals surface area (Å²) < 4.78 is 40.4. The molecule has 0 atom stereocenters. The molecule has 2 aliphatic heterocycles. The molecule has 0 aliphatic carbocycles. The van der Waals surface area contributed by atoms with Gasteiger partial charge in [-0.1, -0.05) is 12.1 Å². The molecule has 10 heteroatoms. The van der Waals surface area contributed by atoms with Crippen LogP contribution < -0.4 is 10.2 Å². The summed E-state index contributed by atoms with van der Waals surface area (Å²) in [5.41, 5.74) is 0.621. The SMILES string of the molecule is CN=C(NCCS(=O)(=O)N1CCSCC1)N1CCN(c2ccccc2F)CC1. The second-order valence-corrected chi connectivity index (χ2v) is 10.0. The summed E-state index contributed by atoms with van der Waals surface area (Å²) in [6.07, 6.45) is 0. The van der Waals surface area contributed by atoms with E-state index < -0.39 is 10.0 Å². The standard InChI is InChI=1S/C18H28FN5O2S2/c1-20-18(21-6-15-28(25,26)24-11-13-27-14-12-24)23-9-7-22(8-10-23)17-5-3-2-4-16(17)19/h2-5H,6-15H2,1H3,(H,20,21). The van der Waals surface area contributed by atoms with E-state index >= 15 is 0 Å². The lowest BCUT2D eigenvalue weighted by Crippen LogP contribution is -2.53. The number of piperazine rings is 1. The Kier molecular flexibility index (Phi) is 7.42. The van der Waals surface area contributed by atoms with Crippen molar-refractivity contribution in [1.29, 1.82) is 0 Å².